The Hall–Kier alpha value is -2.83. The fourth-order valence-electron chi connectivity index (χ4n) is 3.46. The SMILES string of the molecule is CCCc1ccc(-c2ccc(CCc3cc(F)c(C(F)(F)F)c(F)c3)c(F)c2F)cc1. The minimum Gasteiger partial charge on any atom is -0.206 e. The molecule has 0 saturated carbocycles. The van der Waals surface area contributed by atoms with E-state index in [0.29, 0.717) is 17.7 Å². The summed E-state index contributed by atoms with van der Waals surface area (Å²) < 4.78 is 94.5. The van der Waals surface area contributed by atoms with Gasteiger partial charge in [0, 0.05) is 5.56 Å². The van der Waals surface area contributed by atoms with Gasteiger partial charge in [-0.05, 0) is 53.6 Å². The Labute approximate surface area is 175 Å². The second kappa shape index (κ2) is 9.12. The number of hydrogen-bond acceptors (Lipinski definition) is 0. The molecule has 0 aliphatic heterocycles. The minimum absolute atomic E-state index is 0.0374. The van der Waals surface area contributed by atoms with E-state index in [2.05, 4.69) is 0 Å². The fourth-order valence-corrected chi connectivity index (χ4v) is 3.46. The average molecular weight is 440 g/mol. The van der Waals surface area contributed by atoms with E-state index < -0.39 is 35.0 Å². The topological polar surface area (TPSA) is 0 Å². The summed E-state index contributed by atoms with van der Waals surface area (Å²) in [7, 11) is 0. The average Bonchev–Trinajstić information content (AvgIpc) is 2.68. The van der Waals surface area contributed by atoms with Crippen LogP contribution in [-0.4, -0.2) is 0 Å². The number of alkyl halides is 3. The molecule has 0 aliphatic rings. The molecule has 0 fully saturated rings. The molecule has 0 bridgehead atoms. The Balaban J connectivity index is 1.80. The van der Waals surface area contributed by atoms with Gasteiger partial charge in [0.15, 0.2) is 11.6 Å². The van der Waals surface area contributed by atoms with Crippen LogP contribution in [0.4, 0.5) is 30.7 Å². The van der Waals surface area contributed by atoms with Crippen molar-refractivity contribution in [2.24, 2.45) is 0 Å². The van der Waals surface area contributed by atoms with Crippen molar-refractivity contribution >= 4 is 0 Å². The predicted molar refractivity (Wildman–Crippen MR) is 105 cm³/mol. The summed E-state index contributed by atoms with van der Waals surface area (Å²) in [6, 6.07) is 11.0. The summed E-state index contributed by atoms with van der Waals surface area (Å²) in [5.74, 6) is -5.62. The largest absolute Gasteiger partial charge is 0.422 e. The molecule has 3 rings (SSSR count). The number of rotatable bonds is 6. The van der Waals surface area contributed by atoms with Crippen LogP contribution in [0.3, 0.4) is 0 Å². The van der Waals surface area contributed by atoms with Crippen molar-refractivity contribution in [1.82, 2.24) is 0 Å². The third-order valence-corrected chi connectivity index (χ3v) is 5.03. The Morgan fingerprint density at radius 1 is 0.677 bits per heavy atom. The molecule has 0 saturated heterocycles. The van der Waals surface area contributed by atoms with Crippen LogP contribution in [0.5, 0.6) is 0 Å². The standard InChI is InChI=1S/C24H19F7/c1-2-3-14-4-7-16(8-5-14)18-11-10-17(22(27)23(18)28)9-6-15-12-19(25)21(20(26)13-15)24(29,30)31/h4-5,7-8,10-13H,2-3,6,9H2,1H3. The molecular formula is C24H19F7. The van der Waals surface area contributed by atoms with Crippen molar-refractivity contribution < 1.29 is 30.7 Å². The van der Waals surface area contributed by atoms with Gasteiger partial charge in [-0.25, -0.2) is 17.6 Å². The van der Waals surface area contributed by atoms with Crippen LogP contribution in [0, 0.1) is 23.3 Å². The molecule has 0 aliphatic carbocycles. The van der Waals surface area contributed by atoms with Crippen LogP contribution in [0.2, 0.25) is 0 Å². The van der Waals surface area contributed by atoms with Crippen molar-refractivity contribution in [2.75, 3.05) is 0 Å². The van der Waals surface area contributed by atoms with Crippen molar-refractivity contribution in [3.8, 4) is 11.1 Å². The second-order valence-electron chi connectivity index (χ2n) is 7.28. The third kappa shape index (κ3) is 5.09. The van der Waals surface area contributed by atoms with E-state index in [1.54, 1.807) is 12.1 Å². The molecule has 0 heterocycles. The molecule has 7 heteroatoms. The fraction of sp³-hybridized carbons (Fsp3) is 0.250. The smallest absolute Gasteiger partial charge is 0.206 e. The van der Waals surface area contributed by atoms with Gasteiger partial charge < -0.3 is 0 Å². The highest BCUT2D eigenvalue weighted by Crippen LogP contribution is 2.34. The lowest BCUT2D eigenvalue weighted by molar-refractivity contribution is -0.142. The first-order chi connectivity index (χ1) is 14.6. The minimum atomic E-state index is -5.16. The molecule has 0 radical (unpaired) electrons. The van der Waals surface area contributed by atoms with Crippen LogP contribution in [0.15, 0.2) is 48.5 Å². The van der Waals surface area contributed by atoms with Gasteiger partial charge in [0.05, 0.1) is 0 Å². The van der Waals surface area contributed by atoms with Gasteiger partial charge in [0.25, 0.3) is 0 Å². The highest BCUT2D eigenvalue weighted by molar-refractivity contribution is 5.65. The highest BCUT2D eigenvalue weighted by atomic mass is 19.4. The number of aryl methyl sites for hydroxylation is 3. The van der Waals surface area contributed by atoms with Gasteiger partial charge >= 0.3 is 6.18 Å². The van der Waals surface area contributed by atoms with Gasteiger partial charge in [0.1, 0.15) is 17.2 Å². The molecule has 0 aromatic heterocycles. The molecule has 3 aromatic carbocycles. The molecule has 0 amide bonds. The van der Waals surface area contributed by atoms with E-state index in [1.807, 2.05) is 19.1 Å². The van der Waals surface area contributed by atoms with Gasteiger partial charge in [-0.2, -0.15) is 13.2 Å². The summed E-state index contributed by atoms with van der Waals surface area (Å²) in [6.45, 7) is 2.04. The molecular weight excluding hydrogens is 421 g/mol. The van der Waals surface area contributed by atoms with Gasteiger partial charge in [-0.15, -0.1) is 0 Å². The molecule has 3 aromatic rings. The molecule has 0 spiro atoms. The van der Waals surface area contributed by atoms with E-state index >= 15 is 0 Å². The predicted octanol–water partition coefficient (Wildman–Crippen LogP) is 7.67. The maximum absolute atomic E-state index is 14.6. The molecule has 164 valence electrons. The third-order valence-electron chi connectivity index (χ3n) is 5.03. The highest BCUT2D eigenvalue weighted by Gasteiger charge is 2.37. The Morgan fingerprint density at radius 2 is 1.29 bits per heavy atom. The van der Waals surface area contributed by atoms with Gasteiger partial charge in [0.2, 0.25) is 0 Å². The van der Waals surface area contributed by atoms with Gasteiger partial charge in [-0.1, -0.05) is 49.7 Å². The van der Waals surface area contributed by atoms with Crippen LogP contribution >= 0.6 is 0 Å². The number of hydrogen-bond donors (Lipinski definition) is 0. The summed E-state index contributed by atoms with van der Waals surface area (Å²) in [5, 5.41) is 0. The molecule has 0 nitrogen and oxygen atoms in total. The normalized spacial score (nSPS) is 11.7. The van der Waals surface area contributed by atoms with Crippen molar-refractivity contribution in [2.45, 2.75) is 38.8 Å². The maximum atomic E-state index is 14.6. The lowest BCUT2D eigenvalue weighted by Crippen LogP contribution is -2.12. The van der Waals surface area contributed by atoms with Crippen molar-refractivity contribution in [3.05, 3.63) is 94.1 Å². The second-order valence-corrected chi connectivity index (χ2v) is 7.28. The quantitative estimate of drug-likeness (QED) is 0.345. The number of benzene rings is 3. The summed E-state index contributed by atoms with van der Waals surface area (Å²) in [6.07, 6.45) is -3.62. The summed E-state index contributed by atoms with van der Waals surface area (Å²) in [5.41, 5.74) is -0.420. The van der Waals surface area contributed by atoms with E-state index in [4.69, 9.17) is 0 Å². The van der Waals surface area contributed by atoms with E-state index in [1.165, 1.54) is 12.1 Å². The Morgan fingerprint density at radius 3 is 1.84 bits per heavy atom. The Kier molecular flexibility index (Phi) is 6.72. The van der Waals surface area contributed by atoms with E-state index in [0.717, 1.165) is 18.4 Å². The maximum Gasteiger partial charge on any atom is 0.422 e. The molecule has 0 unspecified atom stereocenters. The molecule has 0 N–H and O–H groups in total. The first kappa shape index (κ1) is 22.8. The lowest BCUT2D eigenvalue weighted by atomic mass is 9.97. The molecule has 0 atom stereocenters. The van der Waals surface area contributed by atoms with Crippen LogP contribution in [0.1, 0.15) is 35.6 Å². The van der Waals surface area contributed by atoms with E-state index in [9.17, 15) is 30.7 Å². The van der Waals surface area contributed by atoms with Crippen molar-refractivity contribution in [1.29, 1.82) is 0 Å². The lowest BCUT2D eigenvalue weighted by Gasteiger charge is -2.12. The van der Waals surface area contributed by atoms with Crippen LogP contribution < -0.4 is 0 Å². The van der Waals surface area contributed by atoms with Crippen LogP contribution in [0.25, 0.3) is 11.1 Å². The first-order valence-corrected chi connectivity index (χ1v) is 9.73. The monoisotopic (exact) mass is 440 g/mol. The zero-order chi connectivity index (χ0) is 22.8. The summed E-state index contributed by atoms with van der Waals surface area (Å²) in [4.78, 5) is 0. The van der Waals surface area contributed by atoms with Gasteiger partial charge in [-0.3, -0.25) is 0 Å². The number of halogens is 7. The zero-order valence-electron chi connectivity index (χ0n) is 16.6. The summed E-state index contributed by atoms with van der Waals surface area (Å²) >= 11 is 0. The molecule has 31 heavy (non-hydrogen) atoms. The van der Waals surface area contributed by atoms with Crippen LogP contribution in [-0.2, 0) is 25.4 Å². The van der Waals surface area contributed by atoms with Crippen molar-refractivity contribution in [3.63, 3.8) is 0 Å². The Bertz CT molecular complexity index is 1040. The first-order valence-electron chi connectivity index (χ1n) is 9.73. The van der Waals surface area contributed by atoms with E-state index in [-0.39, 0.29) is 29.5 Å². The zero-order valence-corrected chi connectivity index (χ0v) is 16.6.